The number of ether oxygens (including phenoxy) is 1. The molecule has 3 atom stereocenters. The van der Waals surface area contributed by atoms with E-state index in [-0.39, 0.29) is 23.4 Å². The summed E-state index contributed by atoms with van der Waals surface area (Å²) in [5.74, 6) is -6.54. The van der Waals surface area contributed by atoms with E-state index in [1.807, 2.05) is 6.92 Å². The number of benzene rings is 1. The highest BCUT2D eigenvalue weighted by Gasteiger charge is 2.55. The van der Waals surface area contributed by atoms with E-state index in [0.717, 1.165) is 22.2 Å². The Kier molecular flexibility index (Phi) is 9.19. The van der Waals surface area contributed by atoms with Gasteiger partial charge >= 0.3 is 12.3 Å². The van der Waals surface area contributed by atoms with Crippen LogP contribution in [-0.4, -0.2) is 62.1 Å². The average Bonchev–Trinajstić information content (AvgIpc) is 3.36. The summed E-state index contributed by atoms with van der Waals surface area (Å²) in [4.78, 5) is 38.2. The van der Waals surface area contributed by atoms with Crippen LogP contribution in [0.5, 0.6) is 5.75 Å². The number of carbonyl (C=O) groups excluding carboxylic acids is 1. The second-order valence-electron chi connectivity index (χ2n) is 11.8. The summed E-state index contributed by atoms with van der Waals surface area (Å²) in [5.41, 5.74) is -0.0452. The van der Waals surface area contributed by atoms with Gasteiger partial charge in [-0.25, -0.2) is 28.5 Å². The zero-order valence-corrected chi connectivity index (χ0v) is 25.4. The number of nitrogens with one attached hydrogen (secondary N) is 1. The Morgan fingerprint density at radius 2 is 1.80 bits per heavy atom. The van der Waals surface area contributed by atoms with Crippen molar-refractivity contribution in [1.82, 2.24) is 25.2 Å². The van der Waals surface area contributed by atoms with Gasteiger partial charge in [-0.15, -0.1) is 11.3 Å². The first-order valence-electron chi connectivity index (χ1n) is 13.6. The van der Waals surface area contributed by atoms with E-state index in [1.165, 1.54) is 23.5 Å². The summed E-state index contributed by atoms with van der Waals surface area (Å²) >= 11 is 1.34. The SMILES string of the molecule is Cc1cnc(-c2cc(OCC3C(C(C)(C)C)N(C(=O)O)CCC3(F)F)cc(C(=O)N[C@H](C)c3cnc(C(F)(F)F)nc3)c2)s1. The van der Waals surface area contributed by atoms with Gasteiger partial charge in [0.2, 0.25) is 5.82 Å². The molecule has 2 aromatic heterocycles. The maximum Gasteiger partial charge on any atom is 0.451 e. The molecule has 1 aromatic carbocycles. The van der Waals surface area contributed by atoms with Crippen molar-refractivity contribution in [2.75, 3.05) is 13.2 Å². The molecule has 0 radical (unpaired) electrons. The van der Waals surface area contributed by atoms with Gasteiger partial charge in [0.25, 0.3) is 11.8 Å². The summed E-state index contributed by atoms with van der Waals surface area (Å²) in [6.07, 6.45) is -3.08. The van der Waals surface area contributed by atoms with Gasteiger partial charge in [-0.05, 0) is 37.5 Å². The Morgan fingerprint density at radius 1 is 1.14 bits per heavy atom. The van der Waals surface area contributed by atoms with Gasteiger partial charge in [-0.2, -0.15) is 13.2 Å². The lowest BCUT2D eigenvalue weighted by Crippen LogP contribution is -2.62. The van der Waals surface area contributed by atoms with Gasteiger partial charge in [-0.1, -0.05) is 20.8 Å². The van der Waals surface area contributed by atoms with Crippen LogP contribution in [0.15, 0.2) is 36.8 Å². The summed E-state index contributed by atoms with van der Waals surface area (Å²) in [6, 6.07) is 2.62. The number of nitrogens with zero attached hydrogens (tertiary/aromatic N) is 4. The standard InChI is InChI=1S/C29H32F5N5O4S/c1-15-11-35-24(44-15)18-8-17(23(40)38-16(2)19-12-36-25(37-13-19)29(32,33)34)9-20(10-18)43-14-21-22(27(3,4)5)39(26(41)42)7-6-28(21,30)31/h8-13,16,21-22H,6-7,14H2,1-5H3,(H,38,40)(H,41,42)/t16-,21?,22?/m1/s1. The van der Waals surface area contributed by atoms with E-state index < -0.39 is 66.4 Å². The van der Waals surface area contributed by atoms with Crippen molar-refractivity contribution in [2.45, 2.75) is 65.2 Å². The van der Waals surface area contributed by atoms with Crippen LogP contribution in [0, 0.1) is 18.3 Å². The molecule has 2 amide bonds. The van der Waals surface area contributed by atoms with Crippen molar-refractivity contribution in [3.05, 3.63) is 58.6 Å². The molecule has 1 aliphatic rings. The maximum atomic E-state index is 15.3. The molecule has 0 aliphatic carbocycles. The Morgan fingerprint density at radius 3 is 2.34 bits per heavy atom. The molecule has 0 saturated carbocycles. The number of amides is 2. The number of hydrogen-bond acceptors (Lipinski definition) is 7. The fraction of sp³-hybridized carbons (Fsp3) is 0.483. The van der Waals surface area contributed by atoms with E-state index in [4.69, 9.17) is 4.74 Å². The first-order valence-corrected chi connectivity index (χ1v) is 14.5. The van der Waals surface area contributed by atoms with Crippen molar-refractivity contribution in [3.63, 3.8) is 0 Å². The first kappa shape index (κ1) is 33.0. The number of hydrogen-bond donors (Lipinski definition) is 2. The normalized spacial score (nSPS) is 19.4. The molecule has 1 fully saturated rings. The number of piperidine rings is 1. The lowest BCUT2D eigenvalue weighted by atomic mass is 9.73. The predicted octanol–water partition coefficient (Wildman–Crippen LogP) is 6.85. The van der Waals surface area contributed by atoms with Crippen LogP contribution >= 0.6 is 11.3 Å². The molecule has 44 heavy (non-hydrogen) atoms. The minimum Gasteiger partial charge on any atom is -0.493 e. The number of carboxylic acid groups (broad SMARTS) is 1. The second-order valence-corrected chi connectivity index (χ2v) is 13.0. The van der Waals surface area contributed by atoms with Crippen molar-refractivity contribution >= 4 is 23.3 Å². The minimum atomic E-state index is -4.71. The third-order valence-electron chi connectivity index (χ3n) is 7.32. The fourth-order valence-electron chi connectivity index (χ4n) is 5.22. The molecule has 1 aliphatic heterocycles. The molecule has 4 rings (SSSR count). The van der Waals surface area contributed by atoms with E-state index >= 15 is 8.78 Å². The van der Waals surface area contributed by atoms with Crippen LogP contribution in [0.25, 0.3) is 10.6 Å². The molecule has 238 valence electrons. The van der Waals surface area contributed by atoms with Crippen molar-refractivity contribution in [1.29, 1.82) is 0 Å². The number of halogens is 5. The third-order valence-corrected chi connectivity index (χ3v) is 8.28. The predicted molar refractivity (Wildman–Crippen MR) is 152 cm³/mol. The lowest BCUT2D eigenvalue weighted by molar-refractivity contribution is -0.154. The number of likely N-dealkylation sites (tertiary alicyclic amines) is 1. The van der Waals surface area contributed by atoms with Crippen LogP contribution in [-0.2, 0) is 6.18 Å². The zero-order valence-electron chi connectivity index (χ0n) is 24.6. The molecular formula is C29H32F5N5O4S. The Hall–Kier alpha value is -3.88. The van der Waals surface area contributed by atoms with Gasteiger partial charge in [0.05, 0.1) is 24.6 Å². The quantitative estimate of drug-likeness (QED) is 0.271. The highest BCUT2D eigenvalue weighted by atomic mass is 32.1. The molecule has 3 aromatic rings. The van der Waals surface area contributed by atoms with Crippen molar-refractivity contribution in [2.24, 2.45) is 11.3 Å². The molecule has 2 unspecified atom stereocenters. The van der Waals surface area contributed by atoms with Crippen molar-refractivity contribution in [3.8, 4) is 16.3 Å². The van der Waals surface area contributed by atoms with Crippen LogP contribution in [0.4, 0.5) is 26.7 Å². The van der Waals surface area contributed by atoms with Crippen LogP contribution in [0.2, 0.25) is 0 Å². The number of rotatable bonds is 7. The van der Waals surface area contributed by atoms with Gasteiger partial charge in [0.15, 0.2) is 0 Å². The largest absolute Gasteiger partial charge is 0.493 e. The summed E-state index contributed by atoms with van der Waals surface area (Å²) in [7, 11) is 0. The van der Waals surface area contributed by atoms with Crippen LogP contribution in [0.3, 0.4) is 0 Å². The van der Waals surface area contributed by atoms with Crippen LogP contribution < -0.4 is 10.1 Å². The third kappa shape index (κ3) is 7.42. The lowest BCUT2D eigenvalue weighted by Gasteiger charge is -2.49. The van der Waals surface area contributed by atoms with Gasteiger partial charge < -0.3 is 20.1 Å². The molecule has 1 saturated heterocycles. The highest BCUT2D eigenvalue weighted by molar-refractivity contribution is 7.14. The molecule has 9 nitrogen and oxygen atoms in total. The summed E-state index contributed by atoms with van der Waals surface area (Å²) < 4.78 is 75.0. The molecule has 2 N–H and O–H groups in total. The van der Waals surface area contributed by atoms with Crippen molar-refractivity contribution < 1.29 is 41.4 Å². The molecule has 0 bridgehead atoms. The summed E-state index contributed by atoms with van der Waals surface area (Å²) in [6.45, 7) is 7.62. The number of thiazole rings is 1. The topological polar surface area (TPSA) is 118 Å². The number of aryl methyl sites for hydroxylation is 1. The molecule has 3 heterocycles. The van der Waals surface area contributed by atoms with Gasteiger partial charge in [-0.3, -0.25) is 4.79 Å². The van der Waals surface area contributed by atoms with E-state index in [1.54, 1.807) is 40.0 Å². The monoisotopic (exact) mass is 641 g/mol. The Labute approximate surface area is 254 Å². The van der Waals surface area contributed by atoms with E-state index in [9.17, 15) is 27.9 Å². The first-order chi connectivity index (χ1) is 20.4. The van der Waals surface area contributed by atoms with Gasteiger partial charge in [0, 0.05) is 53.1 Å². The Balaban J connectivity index is 1.62. The smallest absolute Gasteiger partial charge is 0.451 e. The average molecular weight is 642 g/mol. The zero-order chi connectivity index (χ0) is 32.6. The maximum absolute atomic E-state index is 15.3. The van der Waals surface area contributed by atoms with Gasteiger partial charge in [0.1, 0.15) is 10.8 Å². The number of carbonyl (C=O) groups is 2. The molecule has 15 heteroatoms. The Bertz CT molecular complexity index is 1510. The fourth-order valence-corrected chi connectivity index (χ4v) is 5.97. The number of aromatic nitrogens is 3. The number of alkyl halides is 5. The highest BCUT2D eigenvalue weighted by Crippen LogP contribution is 2.44. The van der Waals surface area contributed by atoms with E-state index in [2.05, 4.69) is 20.3 Å². The molecular weight excluding hydrogens is 609 g/mol. The minimum absolute atomic E-state index is 0.0833. The van der Waals surface area contributed by atoms with Crippen LogP contribution in [0.1, 0.15) is 66.8 Å². The summed E-state index contributed by atoms with van der Waals surface area (Å²) in [5, 5.41) is 13.0. The van der Waals surface area contributed by atoms with E-state index in [0.29, 0.717) is 10.6 Å². The second kappa shape index (κ2) is 12.3. The molecule has 0 spiro atoms.